The summed E-state index contributed by atoms with van der Waals surface area (Å²) in [5.74, 6) is 0. The van der Waals surface area contributed by atoms with Crippen LogP contribution in [0.15, 0.2) is 22.4 Å². The van der Waals surface area contributed by atoms with Gasteiger partial charge in [0.2, 0.25) is 0 Å². The third-order valence-corrected chi connectivity index (χ3v) is 3.09. The Bertz CT molecular complexity index is 584. The average Bonchev–Trinajstić information content (AvgIpc) is 2.59. The van der Waals surface area contributed by atoms with E-state index in [4.69, 9.17) is 10.5 Å². The quantitative estimate of drug-likeness (QED) is 0.688. The first kappa shape index (κ1) is 9.08. The fourth-order valence-electron chi connectivity index (χ4n) is 1.32. The zero-order valence-electron chi connectivity index (χ0n) is 6.98. The molecule has 2 nitrogen and oxygen atoms in total. The largest absolute Gasteiger partial charge is 0.192 e. The Balaban J connectivity index is 2.96. The third-order valence-electron chi connectivity index (χ3n) is 1.90. The zero-order chi connectivity index (χ0) is 10.1. The molecule has 2 rings (SSSR count). The van der Waals surface area contributed by atoms with Crippen molar-refractivity contribution in [3.8, 4) is 12.1 Å². The lowest BCUT2D eigenvalue weighted by Crippen LogP contribution is -1.79. The maximum Gasteiger partial charge on any atom is 0.101 e. The molecule has 2 aromatic rings. The van der Waals surface area contributed by atoms with Gasteiger partial charge in [-0.25, -0.2) is 0 Å². The van der Waals surface area contributed by atoms with Gasteiger partial charge in [0.05, 0.1) is 17.2 Å². The predicted molar refractivity (Wildman–Crippen MR) is 58.5 cm³/mol. The van der Waals surface area contributed by atoms with E-state index in [-0.39, 0.29) is 0 Å². The molecule has 0 amide bonds. The van der Waals surface area contributed by atoms with E-state index in [0.717, 1.165) is 15.0 Å². The van der Waals surface area contributed by atoms with Crippen LogP contribution in [-0.4, -0.2) is 0 Å². The van der Waals surface area contributed by atoms with Gasteiger partial charge in [-0.15, -0.1) is 24.0 Å². The molecular formula is C10H4N2S2. The van der Waals surface area contributed by atoms with E-state index in [1.54, 1.807) is 11.4 Å². The van der Waals surface area contributed by atoms with Crippen molar-refractivity contribution in [3.63, 3.8) is 0 Å². The van der Waals surface area contributed by atoms with Crippen molar-refractivity contribution >= 4 is 34.1 Å². The number of nitriles is 2. The highest BCUT2D eigenvalue weighted by Gasteiger charge is 2.09. The van der Waals surface area contributed by atoms with E-state index in [0.29, 0.717) is 11.1 Å². The minimum absolute atomic E-state index is 0.519. The minimum Gasteiger partial charge on any atom is -0.192 e. The molecule has 1 heterocycles. The van der Waals surface area contributed by atoms with Crippen LogP contribution in [0.4, 0.5) is 0 Å². The number of thiophene rings is 1. The highest BCUT2D eigenvalue weighted by molar-refractivity contribution is 7.80. The molecule has 0 unspecified atom stereocenters. The zero-order valence-corrected chi connectivity index (χ0v) is 8.69. The molecule has 1 aromatic heterocycles. The Morgan fingerprint density at radius 3 is 2.50 bits per heavy atom. The predicted octanol–water partition coefficient (Wildman–Crippen LogP) is 2.93. The number of fused-ring (bicyclic) bond motifs is 1. The van der Waals surface area contributed by atoms with Crippen molar-refractivity contribution in [3.05, 3.63) is 28.6 Å². The van der Waals surface area contributed by atoms with Gasteiger partial charge < -0.3 is 0 Å². The van der Waals surface area contributed by atoms with Crippen LogP contribution in [0.1, 0.15) is 11.1 Å². The summed E-state index contributed by atoms with van der Waals surface area (Å²) >= 11 is 5.65. The number of benzene rings is 1. The van der Waals surface area contributed by atoms with E-state index < -0.39 is 0 Å². The second kappa shape index (κ2) is 3.34. The van der Waals surface area contributed by atoms with Crippen LogP contribution in [0, 0.1) is 22.7 Å². The van der Waals surface area contributed by atoms with Crippen LogP contribution >= 0.6 is 24.0 Å². The SMILES string of the molecule is N#Cc1csc2cc(S)cc(C#N)c12. The molecule has 0 aliphatic rings. The Kier molecular flexibility index (Phi) is 2.17. The third kappa shape index (κ3) is 1.26. The maximum atomic E-state index is 8.91. The standard InChI is InChI=1S/C10H4N2S2/c11-3-6-1-8(13)2-9-10(6)7(4-12)5-14-9/h1-2,5,13H. The minimum atomic E-state index is 0.519. The lowest BCUT2D eigenvalue weighted by atomic mass is 10.1. The van der Waals surface area contributed by atoms with E-state index in [9.17, 15) is 0 Å². The van der Waals surface area contributed by atoms with Crippen molar-refractivity contribution < 1.29 is 0 Å². The second-order valence-electron chi connectivity index (χ2n) is 2.74. The number of nitrogens with zero attached hydrogens (tertiary/aromatic N) is 2. The first-order chi connectivity index (χ1) is 6.76. The van der Waals surface area contributed by atoms with Crippen molar-refractivity contribution in [1.82, 2.24) is 0 Å². The molecule has 0 bridgehead atoms. The normalized spacial score (nSPS) is 9.64. The summed E-state index contributed by atoms with van der Waals surface area (Å²) in [4.78, 5) is 0.750. The summed E-state index contributed by atoms with van der Waals surface area (Å²) in [5.41, 5.74) is 1.08. The van der Waals surface area contributed by atoms with Gasteiger partial charge in [-0.3, -0.25) is 0 Å². The van der Waals surface area contributed by atoms with Crippen LogP contribution in [0.5, 0.6) is 0 Å². The average molecular weight is 216 g/mol. The van der Waals surface area contributed by atoms with Crippen LogP contribution in [0.2, 0.25) is 0 Å². The molecule has 0 saturated heterocycles. The lowest BCUT2D eigenvalue weighted by molar-refractivity contribution is 1.45. The molecular weight excluding hydrogens is 212 g/mol. The van der Waals surface area contributed by atoms with E-state index in [1.807, 2.05) is 6.07 Å². The Labute approximate surface area is 90.4 Å². The second-order valence-corrected chi connectivity index (χ2v) is 4.17. The fraction of sp³-hybridized carbons (Fsp3) is 0. The van der Waals surface area contributed by atoms with E-state index in [1.165, 1.54) is 11.3 Å². The monoisotopic (exact) mass is 216 g/mol. The summed E-state index contributed by atoms with van der Waals surface area (Å²) in [6, 6.07) is 7.70. The number of rotatable bonds is 0. The molecule has 1 aromatic carbocycles. The highest BCUT2D eigenvalue weighted by atomic mass is 32.1. The Morgan fingerprint density at radius 2 is 1.86 bits per heavy atom. The van der Waals surface area contributed by atoms with Gasteiger partial charge in [0.25, 0.3) is 0 Å². The van der Waals surface area contributed by atoms with Gasteiger partial charge in [0, 0.05) is 20.4 Å². The molecule has 4 heteroatoms. The molecule has 0 aliphatic carbocycles. The molecule has 0 saturated carbocycles. The van der Waals surface area contributed by atoms with Crippen molar-refractivity contribution in [2.75, 3.05) is 0 Å². The maximum absolute atomic E-state index is 8.91. The number of hydrogen-bond donors (Lipinski definition) is 1. The van der Waals surface area contributed by atoms with Crippen molar-refractivity contribution in [2.24, 2.45) is 0 Å². The summed E-state index contributed by atoms with van der Waals surface area (Å²) in [6.45, 7) is 0. The topological polar surface area (TPSA) is 47.6 Å². The number of thiol groups is 1. The van der Waals surface area contributed by atoms with Gasteiger partial charge in [-0.05, 0) is 12.1 Å². The molecule has 66 valence electrons. The molecule has 0 fully saturated rings. The Hall–Kier alpha value is -1.49. The van der Waals surface area contributed by atoms with Gasteiger partial charge in [-0.1, -0.05) is 0 Å². The summed E-state index contributed by atoms with van der Waals surface area (Å²) in [7, 11) is 0. The van der Waals surface area contributed by atoms with Crippen molar-refractivity contribution in [1.29, 1.82) is 10.5 Å². The molecule has 0 atom stereocenters. The van der Waals surface area contributed by atoms with Crippen LogP contribution in [0.25, 0.3) is 10.1 Å². The summed E-state index contributed by atoms with van der Waals surface area (Å²) < 4.78 is 0.936. The van der Waals surface area contributed by atoms with Crippen LogP contribution in [-0.2, 0) is 0 Å². The first-order valence-corrected chi connectivity index (χ1v) is 5.13. The van der Waals surface area contributed by atoms with E-state index in [2.05, 4.69) is 24.8 Å². The van der Waals surface area contributed by atoms with Gasteiger partial charge in [0.15, 0.2) is 0 Å². The lowest BCUT2D eigenvalue weighted by Gasteiger charge is -1.96. The fourth-order valence-corrected chi connectivity index (χ4v) is 2.62. The van der Waals surface area contributed by atoms with Gasteiger partial charge in [-0.2, -0.15) is 10.5 Å². The molecule has 14 heavy (non-hydrogen) atoms. The molecule has 0 aliphatic heterocycles. The van der Waals surface area contributed by atoms with Gasteiger partial charge >= 0.3 is 0 Å². The number of hydrogen-bond acceptors (Lipinski definition) is 4. The van der Waals surface area contributed by atoms with Crippen LogP contribution < -0.4 is 0 Å². The Morgan fingerprint density at radius 1 is 1.14 bits per heavy atom. The summed E-state index contributed by atoms with van der Waals surface area (Å²) in [5, 5.41) is 20.3. The molecule has 0 spiro atoms. The van der Waals surface area contributed by atoms with Crippen molar-refractivity contribution in [2.45, 2.75) is 4.90 Å². The first-order valence-electron chi connectivity index (χ1n) is 3.80. The summed E-state index contributed by atoms with van der Waals surface area (Å²) in [6.07, 6.45) is 0. The van der Waals surface area contributed by atoms with Crippen LogP contribution in [0.3, 0.4) is 0 Å². The smallest absolute Gasteiger partial charge is 0.101 e. The van der Waals surface area contributed by atoms with E-state index >= 15 is 0 Å². The van der Waals surface area contributed by atoms with Gasteiger partial charge in [0.1, 0.15) is 6.07 Å². The molecule has 0 radical (unpaired) electrons. The molecule has 0 N–H and O–H groups in total. The highest BCUT2D eigenvalue weighted by Crippen LogP contribution is 2.30.